The van der Waals surface area contributed by atoms with E-state index >= 15 is 0 Å². The number of halogens is 1. The zero-order valence-corrected chi connectivity index (χ0v) is 14.2. The van der Waals surface area contributed by atoms with Crippen LogP contribution in [-0.2, 0) is 11.3 Å². The molecule has 1 amide bonds. The van der Waals surface area contributed by atoms with Gasteiger partial charge in [-0.15, -0.1) is 12.4 Å². The minimum atomic E-state index is -0.511. The highest BCUT2D eigenvalue weighted by atomic mass is 35.5. The Labute approximate surface area is 142 Å². The molecule has 0 unspecified atom stereocenters. The number of nitrogens with one attached hydrogen (secondary N) is 1. The van der Waals surface area contributed by atoms with Crippen molar-refractivity contribution in [3.05, 3.63) is 42.0 Å². The SMILES string of the molecule is CC(C)(CO)NCc1c(OCC(N)=O)ccc2ccccc12.Cl. The molecule has 0 aliphatic heterocycles. The van der Waals surface area contributed by atoms with Gasteiger partial charge in [-0.05, 0) is 30.7 Å². The third-order valence-corrected chi connectivity index (χ3v) is 3.51. The zero-order valence-electron chi connectivity index (χ0n) is 13.3. The summed E-state index contributed by atoms with van der Waals surface area (Å²) in [5.41, 5.74) is 5.70. The van der Waals surface area contributed by atoms with Crippen molar-refractivity contribution < 1.29 is 14.6 Å². The summed E-state index contributed by atoms with van der Waals surface area (Å²) in [4.78, 5) is 11.0. The Balaban J connectivity index is 0.00000264. The maximum atomic E-state index is 11.0. The van der Waals surface area contributed by atoms with E-state index in [0.29, 0.717) is 12.3 Å². The monoisotopic (exact) mass is 338 g/mol. The van der Waals surface area contributed by atoms with Crippen molar-refractivity contribution in [3.8, 4) is 5.75 Å². The Kier molecular flexibility index (Phi) is 6.81. The van der Waals surface area contributed by atoms with Gasteiger partial charge in [0.15, 0.2) is 6.61 Å². The fourth-order valence-electron chi connectivity index (χ4n) is 2.17. The van der Waals surface area contributed by atoms with Gasteiger partial charge in [-0.1, -0.05) is 30.3 Å². The molecular formula is C17H23ClN2O3. The average Bonchev–Trinajstić information content (AvgIpc) is 2.51. The first kappa shape index (κ1) is 19.2. The molecule has 0 bridgehead atoms. The molecule has 0 saturated heterocycles. The van der Waals surface area contributed by atoms with Crippen molar-refractivity contribution in [3.63, 3.8) is 0 Å². The first-order valence-corrected chi connectivity index (χ1v) is 7.20. The zero-order chi connectivity index (χ0) is 16.2. The summed E-state index contributed by atoms with van der Waals surface area (Å²) in [5.74, 6) is 0.112. The lowest BCUT2D eigenvalue weighted by Crippen LogP contribution is -2.42. The first-order chi connectivity index (χ1) is 10.4. The van der Waals surface area contributed by atoms with E-state index in [-0.39, 0.29) is 25.6 Å². The van der Waals surface area contributed by atoms with Crippen molar-refractivity contribution in [2.45, 2.75) is 25.9 Å². The molecule has 2 rings (SSSR count). The highest BCUT2D eigenvalue weighted by molar-refractivity contribution is 5.88. The number of hydrogen-bond donors (Lipinski definition) is 3. The molecule has 23 heavy (non-hydrogen) atoms. The topological polar surface area (TPSA) is 84.6 Å². The van der Waals surface area contributed by atoms with E-state index in [4.69, 9.17) is 10.5 Å². The molecule has 0 spiro atoms. The number of amides is 1. The van der Waals surface area contributed by atoms with Crippen LogP contribution in [0, 0.1) is 0 Å². The fraction of sp³-hybridized carbons (Fsp3) is 0.353. The van der Waals surface area contributed by atoms with Crippen LogP contribution in [0.4, 0.5) is 0 Å². The van der Waals surface area contributed by atoms with Crippen LogP contribution in [0.3, 0.4) is 0 Å². The van der Waals surface area contributed by atoms with Gasteiger partial charge < -0.3 is 20.9 Å². The maximum absolute atomic E-state index is 11.0. The molecule has 0 heterocycles. The first-order valence-electron chi connectivity index (χ1n) is 7.20. The number of aliphatic hydroxyl groups is 1. The van der Waals surface area contributed by atoms with E-state index in [0.717, 1.165) is 16.3 Å². The minimum absolute atomic E-state index is 0. The van der Waals surface area contributed by atoms with Gasteiger partial charge in [0.1, 0.15) is 5.75 Å². The summed E-state index contributed by atoms with van der Waals surface area (Å²) in [7, 11) is 0. The van der Waals surface area contributed by atoms with E-state index in [9.17, 15) is 9.90 Å². The van der Waals surface area contributed by atoms with Gasteiger partial charge in [0.25, 0.3) is 5.91 Å². The lowest BCUT2D eigenvalue weighted by molar-refractivity contribution is -0.119. The summed E-state index contributed by atoms with van der Waals surface area (Å²) in [6.07, 6.45) is 0. The lowest BCUT2D eigenvalue weighted by Gasteiger charge is -2.25. The molecule has 5 nitrogen and oxygen atoms in total. The second-order valence-corrected chi connectivity index (χ2v) is 5.91. The van der Waals surface area contributed by atoms with Gasteiger partial charge in [0, 0.05) is 17.6 Å². The van der Waals surface area contributed by atoms with Crippen LogP contribution in [0.5, 0.6) is 5.75 Å². The summed E-state index contributed by atoms with van der Waals surface area (Å²) >= 11 is 0. The predicted molar refractivity (Wildman–Crippen MR) is 93.9 cm³/mol. The molecule has 0 aliphatic carbocycles. The third-order valence-electron chi connectivity index (χ3n) is 3.51. The van der Waals surface area contributed by atoms with Crippen molar-refractivity contribution in [2.75, 3.05) is 13.2 Å². The molecule has 2 aromatic carbocycles. The molecule has 0 aliphatic rings. The number of ether oxygens (including phenoxy) is 1. The van der Waals surface area contributed by atoms with Gasteiger partial charge in [-0.2, -0.15) is 0 Å². The Morgan fingerprint density at radius 1 is 1.26 bits per heavy atom. The summed E-state index contributed by atoms with van der Waals surface area (Å²) in [6, 6.07) is 11.8. The molecule has 126 valence electrons. The summed E-state index contributed by atoms with van der Waals surface area (Å²) < 4.78 is 5.53. The van der Waals surface area contributed by atoms with Crippen LogP contribution in [0.1, 0.15) is 19.4 Å². The van der Waals surface area contributed by atoms with E-state index in [1.165, 1.54) is 0 Å². The Morgan fingerprint density at radius 3 is 2.61 bits per heavy atom. The largest absolute Gasteiger partial charge is 0.483 e. The van der Waals surface area contributed by atoms with Crippen molar-refractivity contribution in [1.29, 1.82) is 0 Å². The fourth-order valence-corrected chi connectivity index (χ4v) is 2.17. The molecular weight excluding hydrogens is 316 g/mol. The smallest absolute Gasteiger partial charge is 0.255 e. The number of primary amides is 1. The number of rotatable bonds is 7. The van der Waals surface area contributed by atoms with Gasteiger partial charge in [-0.3, -0.25) is 4.79 Å². The maximum Gasteiger partial charge on any atom is 0.255 e. The van der Waals surface area contributed by atoms with Crippen LogP contribution >= 0.6 is 12.4 Å². The normalized spacial score (nSPS) is 11.1. The second-order valence-electron chi connectivity index (χ2n) is 5.91. The minimum Gasteiger partial charge on any atom is -0.483 e. The van der Waals surface area contributed by atoms with Crippen molar-refractivity contribution in [2.24, 2.45) is 5.73 Å². The molecule has 0 fully saturated rings. The van der Waals surface area contributed by atoms with Crippen LogP contribution in [0.15, 0.2) is 36.4 Å². The van der Waals surface area contributed by atoms with E-state index in [1.807, 2.05) is 50.2 Å². The van der Waals surface area contributed by atoms with Crippen LogP contribution in [0.2, 0.25) is 0 Å². The molecule has 0 aromatic heterocycles. The van der Waals surface area contributed by atoms with E-state index in [2.05, 4.69) is 5.32 Å². The van der Waals surface area contributed by atoms with E-state index in [1.54, 1.807) is 0 Å². The number of carbonyl (C=O) groups excluding carboxylic acids is 1. The summed E-state index contributed by atoms with van der Waals surface area (Å²) in [5, 5.41) is 14.8. The van der Waals surface area contributed by atoms with Gasteiger partial charge in [-0.25, -0.2) is 0 Å². The van der Waals surface area contributed by atoms with Crippen molar-refractivity contribution in [1.82, 2.24) is 5.32 Å². The third kappa shape index (κ3) is 5.10. The van der Waals surface area contributed by atoms with Crippen LogP contribution < -0.4 is 15.8 Å². The second kappa shape index (κ2) is 8.15. The predicted octanol–water partition coefficient (Wildman–Crippen LogP) is 1.99. The summed E-state index contributed by atoms with van der Waals surface area (Å²) in [6.45, 7) is 4.22. The number of benzene rings is 2. The van der Waals surface area contributed by atoms with Crippen LogP contribution in [0.25, 0.3) is 10.8 Å². The number of carbonyl (C=O) groups is 1. The van der Waals surface area contributed by atoms with E-state index < -0.39 is 11.4 Å². The van der Waals surface area contributed by atoms with Gasteiger partial charge in [0.05, 0.1) is 6.61 Å². The van der Waals surface area contributed by atoms with Gasteiger partial charge in [0.2, 0.25) is 0 Å². The quantitative estimate of drug-likeness (QED) is 0.720. The Morgan fingerprint density at radius 2 is 1.96 bits per heavy atom. The molecule has 0 atom stereocenters. The molecule has 0 saturated carbocycles. The standard InChI is InChI=1S/C17H22N2O3.ClH/c1-17(2,11-20)19-9-14-13-6-4-3-5-12(13)7-8-15(14)22-10-16(18)21;/h3-8,19-20H,9-11H2,1-2H3,(H2,18,21);1H. The molecule has 0 radical (unpaired) electrons. The highest BCUT2D eigenvalue weighted by Crippen LogP contribution is 2.28. The lowest BCUT2D eigenvalue weighted by atomic mass is 10.0. The molecule has 6 heteroatoms. The van der Waals surface area contributed by atoms with Crippen LogP contribution in [-0.4, -0.2) is 29.8 Å². The molecule has 2 aromatic rings. The number of nitrogens with two attached hydrogens (primary N) is 1. The molecule has 4 N–H and O–H groups in total. The van der Waals surface area contributed by atoms with Gasteiger partial charge >= 0.3 is 0 Å². The number of fused-ring (bicyclic) bond motifs is 1. The van der Waals surface area contributed by atoms with Crippen molar-refractivity contribution >= 4 is 29.1 Å². The highest BCUT2D eigenvalue weighted by Gasteiger charge is 2.17. The Bertz CT molecular complexity index is 674. The Hall–Kier alpha value is -1.82. The number of aliphatic hydroxyl groups excluding tert-OH is 1. The number of hydrogen-bond acceptors (Lipinski definition) is 4. The average molecular weight is 339 g/mol.